The molecule has 0 aliphatic heterocycles. The number of benzene rings is 1. The molecule has 0 saturated heterocycles. The van der Waals surface area contributed by atoms with E-state index in [9.17, 15) is 0 Å². The number of aryl methyl sites for hydroxylation is 2. The molecule has 2 rings (SSSR count). The van der Waals surface area contributed by atoms with Gasteiger partial charge in [0, 0.05) is 35.9 Å². The molecular weight excluding hydrogens is 254 g/mol. The van der Waals surface area contributed by atoms with Crippen LogP contribution < -0.4 is 5.32 Å². The Balaban J connectivity index is 1.92. The van der Waals surface area contributed by atoms with Gasteiger partial charge in [0.2, 0.25) is 0 Å². The van der Waals surface area contributed by atoms with Gasteiger partial charge in [-0.3, -0.25) is 4.68 Å². The molecule has 0 fully saturated rings. The standard InChI is InChI=1S/C15H21N3S/c1-12-9-14(18(3)17-12)10-13(16-2)11-19-15-7-5-4-6-8-15/h4-9,13,16H,10-11H2,1-3H3. The summed E-state index contributed by atoms with van der Waals surface area (Å²) in [6.45, 7) is 2.04. The van der Waals surface area contributed by atoms with Crippen LogP contribution in [0.3, 0.4) is 0 Å². The molecule has 0 bridgehead atoms. The molecule has 1 aromatic heterocycles. The van der Waals surface area contributed by atoms with E-state index in [0.717, 1.165) is 17.9 Å². The molecule has 1 N–H and O–H groups in total. The van der Waals surface area contributed by atoms with Gasteiger partial charge in [-0.1, -0.05) is 18.2 Å². The molecule has 0 amide bonds. The van der Waals surface area contributed by atoms with E-state index >= 15 is 0 Å². The van der Waals surface area contributed by atoms with Crippen LogP contribution in [-0.2, 0) is 13.5 Å². The highest BCUT2D eigenvalue weighted by Gasteiger charge is 2.11. The van der Waals surface area contributed by atoms with E-state index in [1.54, 1.807) is 0 Å². The topological polar surface area (TPSA) is 29.9 Å². The van der Waals surface area contributed by atoms with Crippen LogP contribution in [0.1, 0.15) is 11.4 Å². The molecule has 0 aliphatic rings. The highest BCUT2D eigenvalue weighted by molar-refractivity contribution is 7.99. The van der Waals surface area contributed by atoms with E-state index in [0.29, 0.717) is 6.04 Å². The van der Waals surface area contributed by atoms with Gasteiger partial charge in [-0.15, -0.1) is 11.8 Å². The number of hydrogen-bond donors (Lipinski definition) is 1. The van der Waals surface area contributed by atoms with Crippen molar-refractivity contribution in [2.75, 3.05) is 12.8 Å². The molecule has 1 heterocycles. The van der Waals surface area contributed by atoms with Crippen molar-refractivity contribution in [3.05, 3.63) is 47.8 Å². The van der Waals surface area contributed by atoms with Crippen molar-refractivity contribution >= 4 is 11.8 Å². The largest absolute Gasteiger partial charge is 0.316 e. The molecule has 0 aliphatic carbocycles. The molecule has 3 nitrogen and oxygen atoms in total. The molecule has 1 aromatic carbocycles. The predicted molar refractivity (Wildman–Crippen MR) is 81.7 cm³/mol. The van der Waals surface area contributed by atoms with Gasteiger partial charge in [0.1, 0.15) is 0 Å². The van der Waals surface area contributed by atoms with Crippen molar-refractivity contribution in [3.8, 4) is 0 Å². The molecule has 19 heavy (non-hydrogen) atoms. The van der Waals surface area contributed by atoms with E-state index in [4.69, 9.17) is 0 Å². The van der Waals surface area contributed by atoms with Gasteiger partial charge in [0.15, 0.2) is 0 Å². The second-order valence-corrected chi connectivity index (χ2v) is 5.81. The Morgan fingerprint density at radius 1 is 1.32 bits per heavy atom. The molecule has 2 aromatic rings. The van der Waals surface area contributed by atoms with Crippen LogP contribution in [0.5, 0.6) is 0 Å². The highest BCUT2D eigenvalue weighted by Crippen LogP contribution is 2.19. The zero-order valence-electron chi connectivity index (χ0n) is 11.8. The zero-order chi connectivity index (χ0) is 13.7. The summed E-state index contributed by atoms with van der Waals surface area (Å²) in [7, 11) is 4.04. The van der Waals surface area contributed by atoms with Crippen molar-refractivity contribution in [2.24, 2.45) is 7.05 Å². The molecule has 0 radical (unpaired) electrons. The van der Waals surface area contributed by atoms with Gasteiger partial charge < -0.3 is 5.32 Å². The summed E-state index contributed by atoms with van der Waals surface area (Å²) in [5, 5.41) is 7.79. The van der Waals surface area contributed by atoms with Crippen LogP contribution >= 0.6 is 11.8 Å². The summed E-state index contributed by atoms with van der Waals surface area (Å²) >= 11 is 1.89. The summed E-state index contributed by atoms with van der Waals surface area (Å²) in [4.78, 5) is 1.32. The number of aromatic nitrogens is 2. The average molecular weight is 275 g/mol. The monoisotopic (exact) mass is 275 g/mol. The van der Waals surface area contributed by atoms with Crippen LogP contribution in [0.15, 0.2) is 41.3 Å². The van der Waals surface area contributed by atoms with Crippen LogP contribution in [0.25, 0.3) is 0 Å². The first-order valence-corrected chi connectivity index (χ1v) is 7.52. The third-order valence-electron chi connectivity index (χ3n) is 3.16. The minimum Gasteiger partial charge on any atom is -0.316 e. The fraction of sp³-hybridized carbons (Fsp3) is 0.400. The Hall–Kier alpha value is -1.26. The third-order valence-corrected chi connectivity index (χ3v) is 4.33. The Morgan fingerprint density at radius 3 is 2.63 bits per heavy atom. The molecule has 1 unspecified atom stereocenters. The summed E-state index contributed by atoms with van der Waals surface area (Å²) < 4.78 is 1.98. The Labute approximate surface area is 119 Å². The van der Waals surface area contributed by atoms with E-state index in [-0.39, 0.29) is 0 Å². The van der Waals surface area contributed by atoms with Gasteiger partial charge in [-0.2, -0.15) is 5.10 Å². The number of nitrogens with one attached hydrogen (secondary N) is 1. The first-order valence-electron chi connectivity index (χ1n) is 6.53. The summed E-state index contributed by atoms with van der Waals surface area (Å²) in [5.74, 6) is 1.06. The lowest BCUT2D eigenvalue weighted by atomic mass is 10.2. The van der Waals surface area contributed by atoms with Crippen molar-refractivity contribution in [2.45, 2.75) is 24.3 Å². The highest BCUT2D eigenvalue weighted by atomic mass is 32.2. The van der Waals surface area contributed by atoms with E-state index in [1.165, 1.54) is 10.6 Å². The van der Waals surface area contributed by atoms with Crippen LogP contribution in [0.4, 0.5) is 0 Å². The van der Waals surface area contributed by atoms with E-state index in [1.807, 2.05) is 37.5 Å². The quantitative estimate of drug-likeness (QED) is 0.822. The Morgan fingerprint density at radius 2 is 2.05 bits per heavy atom. The van der Waals surface area contributed by atoms with Crippen molar-refractivity contribution in [1.29, 1.82) is 0 Å². The molecule has 0 spiro atoms. The smallest absolute Gasteiger partial charge is 0.0596 e. The molecule has 102 valence electrons. The van der Waals surface area contributed by atoms with Gasteiger partial charge in [-0.05, 0) is 32.2 Å². The lowest BCUT2D eigenvalue weighted by molar-refractivity contribution is 0.582. The Kier molecular flexibility index (Phi) is 5.05. The number of nitrogens with zero attached hydrogens (tertiary/aromatic N) is 2. The van der Waals surface area contributed by atoms with Gasteiger partial charge >= 0.3 is 0 Å². The molecule has 1 atom stereocenters. The van der Waals surface area contributed by atoms with Gasteiger partial charge in [0.05, 0.1) is 5.69 Å². The third kappa shape index (κ3) is 4.11. The molecule has 4 heteroatoms. The van der Waals surface area contributed by atoms with Crippen LogP contribution in [0.2, 0.25) is 0 Å². The van der Waals surface area contributed by atoms with Crippen LogP contribution in [0, 0.1) is 6.92 Å². The first kappa shape index (κ1) is 14.2. The fourth-order valence-corrected chi connectivity index (χ4v) is 3.09. The summed E-state index contributed by atoms with van der Waals surface area (Å²) in [5.41, 5.74) is 2.37. The number of hydrogen-bond acceptors (Lipinski definition) is 3. The maximum absolute atomic E-state index is 4.40. The zero-order valence-corrected chi connectivity index (χ0v) is 12.6. The number of rotatable bonds is 6. The van der Waals surface area contributed by atoms with Crippen molar-refractivity contribution < 1.29 is 0 Å². The summed E-state index contributed by atoms with van der Waals surface area (Å²) in [6.07, 6.45) is 1.01. The maximum atomic E-state index is 4.40. The van der Waals surface area contributed by atoms with Crippen LogP contribution in [-0.4, -0.2) is 28.6 Å². The van der Waals surface area contributed by atoms with E-state index < -0.39 is 0 Å². The number of thioether (sulfide) groups is 1. The normalized spacial score (nSPS) is 12.6. The molecular formula is C15H21N3S. The van der Waals surface area contributed by atoms with Crippen molar-refractivity contribution in [3.63, 3.8) is 0 Å². The average Bonchev–Trinajstić information content (AvgIpc) is 2.74. The lowest BCUT2D eigenvalue weighted by Gasteiger charge is -2.15. The van der Waals surface area contributed by atoms with Gasteiger partial charge in [0.25, 0.3) is 0 Å². The van der Waals surface area contributed by atoms with E-state index in [2.05, 4.69) is 46.8 Å². The first-order chi connectivity index (χ1) is 9.19. The minimum absolute atomic E-state index is 0.458. The Bertz CT molecular complexity index is 507. The second-order valence-electron chi connectivity index (χ2n) is 4.71. The SMILES string of the molecule is CNC(CSc1ccccc1)Cc1cc(C)nn1C. The number of likely N-dealkylation sites (N-methyl/N-ethyl adjacent to an activating group) is 1. The summed E-state index contributed by atoms with van der Waals surface area (Å²) in [6, 6.07) is 13.2. The maximum Gasteiger partial charge on any atom is 0.0596 e. The predicted octanol–water partition coefficient (Wildman–Crippen LogP) is 2.65. The molecule has 0 saturated carbocycles. The van der Waals surface area contributed by atoms with Gasteiger partial charge in [-0.25, -0.2) is 0 Å². The lowest BCUT2D eigenvalue weighted by Crippen LogP contribution is -2.30. The minimum atomic E-state index is 0.458. The van der Waals surface area contributed by atoms with Crippen molar-refractivity contribution in [1.82, 2.24) is 15.1 Å². The fourth-order valence-electron chi connectivity index (χ4n) is 2.07. The second kappa shape index (κ2) is 6.78.